The van der Waals surface area contributed by atoms with Gasteiger partial charge in [-0.25, -0.2) is 4.90 Å². The fraction of sp³-hybridized carbons (Fsp3) is 0.750. The predicted molar refractivity (Wildman–Crippen MR) is 44.7 cm³/mol. The first-order valence-corrected chi connectivity index (χ1v) is 4.14. The highest BCUT2D eigenvalue weighted by Crippen LogP contribution is 2.24. The summed E-state index contributed by atoms with van der Waals surface area (Å²) in [7, 11) is 0.500. The predicted octanol–water partition coefficient (Wildman–Crippen LogP) is 2.28. The number of hydrogen-bond donors (Lipinski definition) is 0. The van der Waals surface area contributed by atoms with Crippen LogP contribution in [-0.2, 0) is 4.74 Å². The van der Waals surface area contributed by atoms with Crippen molar-refractivity contribution in [2.75, 3.05) is 33.5 Å². The number of alkyl halides is 3. The van der Waals surface area contributed by atoms with Crippen molar-refractivity contribution in [3.05, 3.63) is 12.2 Å². The molecule has 1 saturated heterocycles. The van der Waals surface area contributed by atoms with Gasteiger partial charge in [-0.1, -0.05) is 0 Å². The van der Waals surface area contributed by atoms with Gasteiger partial charge in [0.1, 0.15) is 0 Å². The van der Waals surface area contributed by atoms with Gasteiger partial charge < -0.3 is 4.74 Å². The Hall–Kier alpha value is -0.690. The number of hydrogen-bond acceptors (Lipinski definition) is 2. The molecule has 0 unspecified atom stereocenters. The van der Waals surface area contributed by atoms with E-state index < -0.39 is 12.1 Å². The molecule has 0 radical (unpaired) electrons. The molecule has 0 aliphatic carbocycles. The van der Waals surface area contributed by atoms with Crippen molar-refractivity contribution in [2.24, 2.45) is 0 Å². The van der Waals surface area contributed by atoms with Crippen LogP contribution in [0.25, 0.3) is 0 Å². The van der Waals surface area contributed by atoms with Crippen LogP contribution in [0.3, 0.4) is 0 Å². The van der Waals surface area contributed by atoms with Crippen LogP contribution in [0.15, 0.2) is 12.2 Å². The minimum absolute atomic E-state index is 0.0310. The molecule has 15 heavy (non-hydrogen) atoms. The lowest BCUT2D eigenvalue weighted by atomic mass is 10.3. The minimum atomic E-state index is -3.57. The van der Waals surface area contributed by atoms with Gasteiger partial charge in [0.05, 0.1) is 26.5 Å². The van der Waals surface area contributed by atoms with E-state index in [1.54, 1.807) is 0 Å². The van der Waals surface area contributed by atoms with Crippen LogP contribution in [0.1, 0.15) is 0 Å². The van der Waals surface area contributed by atoms with E-state index in [1.807, 2.05) is 0 Å². The molecule has 0 aromatic heterocycles. The fourth-order valence-corrected chi connectivity index (χ4v) is 1.08. The highest BCUT2D eigenvalue weighted by molar-refractivity contribution is 4.95. The summed E-state index contributed by atoms with van der Waals surface area (Å²) in [6.07, 6.45) is -2.70. The van der Waals surface area contributed by atoms with Gasteiger partial charge in [-0.2, -0.15) is 17.6 Å². The zero-order chi connectivity index (χ0) is 11.9. The van der Waals surface area contributed by atoms with Gasteiger partial charge in [-0.3, -0.25) is 4.39 Å². The van der Waals surface area contributed by atoms with Crippen LogP contribution >= 0.6 is 0 Å². The van der Waals surface area contributed by atoms with Crippen LogP contribution < -0.4 is 0 Å². The summed E-state index contributed by atoms with van der Waals surface area (Å²) in [5.41, 5.74) is 0. The summed E-state index contributed by atoms with van der Waals surface area (Å²) < 4.78 is 63.3. The third kappa shape index (κ3) is 5.08. The number of nitrogens with zero attached hydrogens (tertiary/aromatic N) is 1. The van der Waals surface area contributed by atoms with E-state index in [0.717, 1.165) is 0 Å². The standard InChI is InChI=1S/C7H9F4NO.CH3F/c8-6(9)5-7(10,11)12-1-3-13-4-2-12;1-2/h5H,1-4H2;1H3. The molecule has 0 N–H and O–H groups in total. The fourth-order valence-electron chi connectivity index (χ4n) is 1.08. The summed E-state index contributed by atoms with van der Waals surface area (Å²) in [6.45, 7) is 0.238. The Bertz CT molecular complexity index is 199. The average Bonchev–Trinajstić information content (AvgIpc) is 2.20. The molecule has 1 aliphatic heterocycles. The number of rotatable bonds is 2. The average molecular weight is 233 g/mol. The van der Waals surface area contributed by atoms with E-state index in [1.165, 1.54) is 0 Å². The molecule has 0 bridgehead atoms. The second-order valence-electron chi connectivity index (χ2n) is 2.62. The van der Waals surface area contributed by atoms with E-state index in [9.17, 15) is 22.0 Å². The molecule has 1 fully saturated rings. The van der Waals surface area contributed by atoms with Crippen LogP contribution in [-0.4, -0.2) is 44.4 Å². The summed E-state index contributed by atoms with van der Waals surface area (Å²) >= 11 is 0. The van der Waals surface area contributed by atoms with Gasteiger partial charge >= 0.3 is 6.05 Å². The molecule has 1 heterocycles. The van der Waals surface area contributed by atoms with E-state index in [-0.39, 0.29) is 32.4 Å². The Morgan fingerprint density at radius 3 is 2.07 bits per heavy atom. The molecule has 0 saturated carbocycles. The molecule has 0 atom stereocenters. The highest BCUT2D eigenvalue weighted by atomic mass is 19.3. The van der Waals surface area contributed by atoms with Crippen molar-refractivity contribution in [3.8, 4) is 0 Å². The van der Waals surface area contributed by atoms with Crippen molar-refractivity contribution in [1.82, 2.24) is 4.90 Å². The molecule has 7 heteroatoms. The van der Waals surface area contributed by atoms with Gasteiger partial charge in [0.15, 0.2) is 0 Å². The number of ether oxygens (including phenoxy) is 1. The van der Waals surface area contributed by atoms with Crippen LogP contribution in [0.4, 0.5) is 22.0 Å². The Labute approximate surface area is 84.3 Å². The normalized spacial score (nSPS) is 17.7. The Kier molecular flexibility index (Phi) is 6.42. The van der Waals surface area contributed by atoms with Crippen molar-refractivity contribution < 1.29 is 26.7 Å². The first kappa shape index (κ1) is 14.3. The zero-order valence-corrected chi connectivity index (χ0v) is 8.15. The smallest absolute Gasteiger partial charge is 0.330 e. The van der Waals surface area contributed by atoms with Crippen molar-refractivity contribution >= 4 is 0 Å². The molecule has 0 aromatic carbocycles. The molecule has 2 nitrogen and oxygen atoms in total. The summed E-state index contributed by atoms with van der Waals surface area (Å²) in [5.74, 6) is 0. The minimum Gasteiger partial charge on any atom is -0.379 e. The van der Waals surface area contributed by atoms with E-state index in [0.29, 0.717) is 12.1 Å². The second-order valence-corrected chi connectivity index (χ2v) is 2.62. The summed E-state index contributed by atoms with van der Waals surface area (Å²) in [6, 6.07) is -3.57. The van der Waals surface area contributed by atoms with Crippen molar-refractivity contribution in [2.45, 2.75) is 6.05 Å². The van der Waals surface area contributed by atoms with E-state index in [4.69, 9.17) is 4.74 Å². The molecule has 0 spiro atoms. The molecular weight excluding hydrogens is 221 g/mol. The van der Waals surface area contributed by atoms with Gasteiger partial charge in [0.2, 0.25) is 0 Å². The SMILES string of the molecule is CF.FC(F)=CC(F)(F)N1CCOCC1. The maximum Gasteiger partial charge on any atom is 0.330 e. The lowest BCUT2D eigenvalue weighted by Crippen LogP contribution is -2.47. The topological polar surface area (TPSA) is 12.5 Å². The molecular formula is C8H12F5NO. The maximum atomic E-state index is 12.9. The lowest BCUT2D eigenvalue weighted by Gasteiger charge is -2.31. The van der Waals surface area contributed by atoms with E-state index in [2.05, 4.69) is 0 Å². The van der Waals surface area contributed by atoms with Gasteiger partial charge in [-0.15, -0.1) is 0 Å². The summed E-state index contributed by atoms with van der Waals surface area (Å²) in [4.78, 5) is 0.662. The molecule has 1 rings (SSSR count). The van der Waals surface area contributed by atoms with E-state index >= 15 is 0 Å². The molecule has 0 amide bonds. The third-order valence-corrected chi connectivity index (χ3v) is 1.72. The second kappa shape index (κ2) is 6.73. The first-order valence-electron chi connectivity index (χ1n) is 4.14. The molecule has 0 aromatic rings. The lowest BCUT2D eigenvalue weighted by molar-refractivity contribution is -0.138. The number of morpholine rings is 1. The molecule has 90 valence electrons. The number of halogens is 5. The van der Waals surface area contributed by atoms with Crippen LogP contribution in [0, 0.1) is 0 Å². The largest absolute Gasteiger partial charge is 0.379 e. The maximum absolute atomic E-state index is 12.9. The van der Waals surface area contributed by atoms with Crippen LogP contribution in [0.2, 0.25) is 0 Å². The van der Waals surface area contributed by atoms with Gasteiger partial charge in [0.25, 0.3) is 6.08 Å². The van der Waals surface area contributed by atoms with Crippen molar-refractivity contribution in [1.29, 1.82) is 0 Å². The zero-order valence-electron chi connectivity index (χ0n) is 8.15. The van der Waals surface area contributed by atoms with Gasteiger partial charge in [0, 0.05) is 13.1 Å². The monoisotopic (exact) mass is 233 g/mol. The summed E-state index contributed by atoms with van der Waals surface area (Å²) in [5, 5.41) is 0. The first-order chi connectivity index (χ1) is 7.02. The highest BCUT2D eigenvalue weighted by Gasteiger charge is 2.36. The molecule has 1 aliphatic rings. The van der Waals surface area contributed by atoms with Crippen LogP contribution in [0.5, 0.6) is 0 Å². The Morgan fingerprint density at radius 1 is 1.20 bits per heavy atom. The Morgan fingerprint density at radius 2 is 1.67 bits per heavy atom. The third-order valence-electron chi connectivity index (χ3n) is 1.72. The Balaban J connectivity index is 0.000000921. The quantitative estimate of drug-likeness (QED) is 0.536. The van der Waals surface area contributed by atoms with Crippen molar-refractivity contribution in [3.63, 3.8) is 0 Å². The van der Waals surface area contributed by atoms with Gasteiger partial charge in [-0.05, 0) is 0 Å².